The fourth-order valence-electron chi connectivity index (χ4n) is 2.06. The van der Waals surface area contributed by atoms with Gasteiger partial charge in [0.2, 0.25) is 15.9 Å². The monoisotopic (exact) mass is 385 g/mol. The first-order valence-corrected chi connectivity index (χ1v) is 9.57. The minimum Gasteiger partial charge on any atom is -0.363 e. The van der Waals surface area contributed by atoms with Gasteiger partial charge in [0.15, 0.2) is 5.82 Å². The van der Waals surface area contributed by atoms with Crippen molar-refractivity contribution in [3.8, 4) is 0 Å². The second-order valence-corrected chi connectivity index (χ2v) is 8.28. The van der Waals surface area contributed by atoms with Crippen LogP contribution in [0.25, 0.3) is 0 Å². The van der Waals surface area contributed by atoms with Crippen LogP contribution in [-0.4, -0.2) is 36.9 Å². The molecule has 0 aliphatic carbocycles. The van der Waals surface area contributed by atoms with Gasteiger partial charge in [-0.15, -0.1) is 0 Å². The van der Waals surface area contributed by atoms with E-state index in [0.717, 1.165) is 4.31 Å². The van der Waals surface area contributed by atoms with E-state index in [0.29, 0.717) is 17.4 Å². The number of hydrogen-bond donors (Lipinski definition) is 1. The number of anilines is 1. The zero-order valence-electron chi connectivity index (χ0n) is 14.0. The van der Waals surface area contributed by atoms with E-state index in [1.165, 1.54) is 36.6 Å². The summed E-state index contributed by atoms with van der Waals surface area (Å²) in [6.45, 7) is 3.89. The number of halogens is 1. The molecule has 1 aromatic heterocycles. The second kappa shape index (κ2) is 8.46. The lowest BCUT2D eigenvalue weighted by atomic mass is 10.1. The summed E-state index contributed by atoms with van der Waals surface area (Å²) in [6, 6.07) is 7.34. The number of rotatable bonds is 8. The lowest BCUT2D eigenvalue weighted by Gasteiger charge is -2.22. The summed E-state index contributed by atoms with van der Waals surface area (Å²) < 4.78 is 31.5. The van der Waals surface area contributed by atoms with Gasteiger partial charge < -0.3 is 9.84 Å². The number of carbonyl (C=O) groups excluding carboxylic acids is 1. The molecule has 0 saturated carbocycles. The number of nitrogens with zero attached hydrogens (tertiary/aromatic N) is 2. The van der Waals surface area contributed by atoms with Crippen LogP contribution >= 0.6 is 11.6 Å². The van der Waals surface area contributed by atoms with Crippen LogP contribution in [0.3, 0.4) is 0 Å². The molecule has 0 aliphatic rings. The summed E-state index contributed by atoms with van der Waals surface area (Å²) in [5.41, 5.74) is 0. The highest BCUT2D eigenvalue weighted by molar-refractivity contribution is 7.89. The summed E-state index contributed by atoms with van der Waals surface area (Å²) in [6.07, 6.45) is 1.95. The van der Waals surface area contributed by atoms with Crippen molar-refractivity contribution < 1.29 is 17.7 Å². The highest BCUT2D eigenvalue weighted by atomic mass is 35.5. The molecule has 0 aliphatic heterocycles. The molecule has 1 aromatic carbocycles. The fourth-order valence-corrected chi connectivity index (χ4v) is 3.60. The normalized spacial score (nSPS) is 11.9. The molecule has 0 fully saturated rings. The molecule has 136 valence electrons. The number of benzene rings is 1. The third-order valence-electron chi connectivity index (χ3n) is 3.43. The summed E-state index contributed by atoms with van der Waals surface area (Å²) in [4.78, 5) is 12.3. The zero-order chi connectivity index (χ0) is 18.4. The van der Waals surface area contributed by atoms with Crippen molar-refractivity contribution in [3.63, 3.8) is 0 Å². The Labute approximate surface area is 152 Å². The van der Waals surface area contributed by atoms with E-state index in [4.69, 9.17) is 11.6 Å². The molecule has 0 atom stereocenters. The highest BCUT2D eigenvalue weighted by Crippen LogP contribution is 2.19. The minimum atomic E-state index is -3.82. The van der Waals surface area contributed by atoms with Crippen molar-refractivity contribution in [2.75, 3.05) is 18.4 Å². The van der Waals surface area contributed by atoms with E-state index >= 15 is 0 Å². The molecule has 2 aromatic rings. The van der Waals surface area contributed by atoms with Crippen LogP contribution in [0.15, 0.2) is 46.0 Å². The van der Waals surface area contributed by atoms with Crippen LogP contribution in [0.2, 0.25) is 5.02 Å². The van der Waals surface area contributed by atoms with Crippen LogP contribution in [0.4, 0.5) is 5.82 Å². The standard InChI is InChI=1S/C16H20ClN3O4S/c1-12(2)7-9-20(11-16(21)18-15-8-10-24-19-15)25(22,23)14-5-3-13(17)4-6-14/h3-6,8,10,12H,7,9,11H2,1-2H3,(H,18,19,21). The van der Waals surface area contributed by atoms with Crippen LogP contribution in [-0.2, 0) is 14.8 Å². The first-order chi connectivity index (χ1) is 11.8. The van der Waals surface area contributed by atoms with E-state index in [9.17, 15) is 13.2 Å². The average molecular weight is 386 g/mol. The lowest BCUT2D eigenvalue weighted by Crippen LogP contribution is -2.39. The number of sulfonamides is 1. The highest BCUT2D eigenvalue weighted by Gasteiger charge is 2.26. The molecular weight excluding hydrogens is 366 g/mol. The molecule has 1 N–H and O–H groups in total. The molecule has 7 nitrogen and oxygen atoms in total. The van der Waals surface area contributed by atoms with E-state index in [1.54, 1.807) is 0 Å². The number of carbonyl (C=O) groups is 1. The van der Waals surface area contributed by atoms with E-state index in [2.05, 4.69) is 15.0 Å². The number of amides is 1. The number of nitrogens with one attached hydrogen (secondary N) is 1. The van der Waals surface area contributed by atoms with E-state index in [-0.39, 0.29) is 23.8 Å². The van der Waals surface area contributed by atoms with Crippen LogP contribution in [0, 0.1) is 5.92 Å². The minimum absolute atomic E-state index is 0.0925. The van der Waals surface area contributed by atoms with Gasteiger partial charge in [-0.25, -0.2) is 8.42 Å². The van der Waals surface area contributed by atoms with Gasteiger partial charge in [0.1, 0.15) is 6.26 Å². The maximum Gasteiger partial charge on any atom is 0.243 e. The smallest absolute Gasteiger partial charge is 0.243 e. The van der Waals surface area contributed by atoms with Crippen LogP contribution < -0.4 is 5.32 Å². The Morgan fingerprint density at radius 3 is 2.52 bits per heavy atom. The van der Waals surface area contributed by atoms with Crippen molar-refractivity contribution in [3.05, 3.63) is 41.6 Å². The summed E-state index contributed by atoms with van der Waals surface area (Å²) in [7, 11) is -3.82. The lowest BCUT2D eigenvalue weighted by molar-refractivity contribution is -0.116. The summed E-state index contributed by atoms with van der Waals surface area (Å²) >= 11 is 5.82. The van der Waals surface area contributed by atoms with Crippen molar-refractivity contribution in [2.45, 2.75) is 25.2 Å². The van der Waals surface area contributed by atoms with Gasteiger partial charge in [0.25, 0.3) is 0 Å². The topological polar surface area (TPSA) is 92.5 Å². The van der Waals surface area contributed by atoms with E-state index < -0.39 is 15.9 Å². The molecule has 0 spiro atoms. The third kappa shape index (κ3) is 5.55. The van der Waals surface area contributed by atoms with E-state index in [1.807, 2.05) is 13.8 Å². The zero-order valence-corrected chi connectivity index (χ0v) is 15.5. The van der Waals surface area contributed by atoms with Gasteiger partial charge in [-0.1, -0.05) is 30.6 Å². The molecule has 0 saturated heterocycles. The Hall–Kier alpha value is -1.90. The molecule has 1 heterocycles. The quantitative estimate of drug-likeness (QED) is 0.754. The number of hydrogen-bond acceptors (Lipinski definition) is 5. The molecule has 25 heavy (non-hydrogen) atoms. The summed E-state index contributed by atoms with van der Waals surface area (Å²) in [5.74, 6) is 0.0365. The fraction of sp³-hybridized carbons (Fsp3) is 0.375. The molecule has 0 unspecified atom stereocenters. The van der Waals surface area contributed by atoms with Crippen molar-refractivity contribution >= 4 is 33.3 Å². The second-order valence-electron chi connectivity index (χ2n) is 5.91. The number of aromatic nitrogens is 1. The van der Waals surface area contributed by atoms with Crippen molar-refractivity contribution in [1.29, 1.82) is 0 Å². The molecule has 2 rings (SSSR count). The maximum absolute atomic E-state index is 12.9. The Balaban J connectivity index is 2.18. The Morgan fingerprint density at radius 1 is 1.28 bits per heavy atom. The van der Waals surface area contributed by atoms with Gasteiger partial charge in [-0.3, -0.25) is 4.79 Å². The van der Waals surface area contributed by atoms with Crippen LogP contribution in [0.5, 0.6) is 0 Å². The van der Waals surface area contributed by atoms with Gasteiger partial charge in [0.05, 0.1) is 11.4 Å². The van der Waals surface area contributed by atoms with Gasteiger partial charge in [0, 0.05) is 17.6 Å². The molecule has 9 heteroatoms. The van der Waals surface area contributed by atoms with Crippen molar-refractivity contribution in [1.82, 2.24) is 9.46 Å². The Bertz CT molecular complexity index is 789. The molecule has 0 bridgehead atoms. The molecule has 1 amide bonds. The van der Waals surface area contributed by atoms with Gasteiger partial charge in [-0.2, -0.15) is 4.31 Å². The van der Waals surface area contributed by atoms with Gasteiger partial charge in [-0.05, 0) is 36.6 Å². The largest absolute Gasteiger partial charge is 0.363 e. The van der Waals surface area contributed by atoms with Crippen molar-refractivity contribution in [2.24, 2.45) is 5.92 Å². The average Bonchev–Trinajstić information content (AvgIpc) is 3.04. The van der Waals surface area contributed by atoms with Crippen LogP contribution in [0.1, 0.15) is 20.3 Å². The third-order valence-corrected chi connectivity index (χ3v) is 5.54. The Kier molecular flexibility index (Phi) is 6.57. The predicted octanol–water partition coefficient (Wildman–Crippen LogP) is 3.00. The first kappa shape index (κ1) is 19.4. The molecule has 0 radical (unpaired) electrons. The van der Waals surface area contributed by atoms with Gasteiger partial charge >= 0.3 is 0 Å². The first-order valence-electron chi connectivity index (χ1n) is 7.75. The Morgan fingerprint density at radius 2 is 1.96 bits per heavy atom. The summed E-state index contributed by atoms with van der Waals surface area (Å²) in [5, 5.41) is 6.52. The predicted molar refractivity (Wildman–Crippen MR) is 94.8 cm³/mol. The molecular formula is C16H20ClN3O4S. The SMILES string of the molecule is CC(C)CCN(CC(=O)Nc1ccon1)S(=O)(=O)c1ccc(Cl)cc1. The maximum atomic E-state index is 12.9.